The molecule has 5 atom stereocenters. The minimum absolute atomic E-state index is 0.454. The Morgan fingerprint density at radius 3 is 2.54 bits per heavy atom. The van der Waals surface area contributed by atoms with Gasteiger partial charge >= 0.3 is 0 Å². The summed E-state index contributed by atoms with van der Waals surface area (Å²) in [5.41, 5.74) is 2.14. The van der Waals surface area contributed by atoms with E-state index in [0.29, 0.717) is 5.75 Å². The maximum Gasteiger partial charge on any atom is 0.229 e. The van der Waals surface area contributed by atoms with Crippen molar-refractivity contribution in [2.24, 2.45) is 7.05 Å². The number of benzene rings is 1. The number of hydrogen-bond acceptors (Lipinski definition) is 6. The Morgan fingerprint density at radius 1 is 1.08 bits per heavy atom. The second kappa shape index (κ2) is 6.62. The topological polar surface area (TPSA) is 103 Å². The number of aromatic nitrogens is 1. The Labute approximate surface area is 139 Å². The Bertz CT molecular complexity index is 734. The van der Waals surface area contributed by atoms with E-state index >= 15 is 0 Å². The molecule has 7 nitrogen and oxygen atoms in total. The summed E-state index contributed by atoms with van der Waals surface area (Å²) in [6.07, 6.45) is -6.45. The Balaban J connectivity index is 1.85. The standard InChI is InChI=1S/C17H22NO6/c1-9-3-4-10-7-11(5-6-12(10)18(9)2)23-17-16(22)15(21)14(20)13(8-19)24-17/h3-7,13-17,19-22H,8H2,1-2H3/q+1/t13-,14-,15+,16-,17-/m1/s1. The van der Waals surface area contributed by atoms with E-state index in [1.807, 2.05) is 36.7 Å². The molecule has 7 heteroatoms. The van der Waals surface area contributed by atoms with Gasteiger partial charge in [0.25, 0.3) is 0 Å². The van der Waals surface area contributed by atoms with Crippen LogP contribution in [0.3, 0.4) is 0 Å². The first-order chi connectivity index (χ1) is 11.4. The van der Waals surface area contributed by atoms with Gasteiger partial charge in [0.15, 0.2) is 5.69 Å². The van der Waals surface area contributed by atoms with E-state index < -0.39 is 37.3 Å². The molecule has 1 saturated heterocycles. The van der Waals surface area contributed by atoms with E-state index in [4.69, 9.17) is 9.47 Å². The van der Waals surface area contributed by atoms with Crippen LogP contribution in [0.2, 0.25) is 0 Å². The molecule has 1 fully saturated rings. The highest BCUT2D eigenvalue weighted by Crippen LogP contribution is 2.26. The van der Waals surface area contributed by atoms with Crippen molar-refractivity contribution < 1.29 is 34.5 Å². The molecule has 0 radical (unpaired) electrons. The van der Waals surface area contributed by atoms with E-state index in [1.54, 1.807) is 12.1 Å². The highest BCUT2D eigenvalue weighted by molar-refractivity contribution is 5.77. The number of hydrogen-bond donors (Lipinski definition) is 4. The summed E-state index contributed by atoms with van der Waals surface area (Å²) in [5, 5.41) is 39.8. The number of ether oxygens (including phenoxy) is 2. The lowest BCUT2D eigenvalue weighted by Gasteiger charge is -2.39. The molecule has 4 N–H and O–H groups in total. The third-order valence-electron chi connectivity index (χ3n) is 4.49. The largest absolute Gasteiger partial charge is 0.462 e. The van der Waals surface area contributed by atoms with Crippen LogP contribution in [0.25, 0.3) is 10.9 Å². The fourth-order valence-electron chi connectivity index (χ4n) is 2.86. The van der Waals surface area contributed by atoms with Gasteiger partial charge in [-0.1, -0.05) is 0 Å². The zero-order chi connectivity index (χ0) is 17.4. The monoisotopic (exact) mass is 336 g/mol. The first-order valence-corrected chi connectivity index (χ1v) is 7.79. The number of pyridine rings is 1. The molecule has 0 aliphatic carbocycles. The Morgan fingerprint density at radius 2 is 1.83 bits per heavy atom. The maximum atomic E-state index is 10.0. The van der Waals surface area contributed by atoms with Crippen LogP contribution in [-0.4, -0.2) is 57.7 Å². The smallest absolute Gasteiger partial charge is 0.229 e. The summed E-state index contributed by atoms with van der Waals surface area (Å²) in [6, 6.07) is 9.38. The zero-order valence-corrected chi connectivity index (χ0v) is 13.5. The van der Waals surface area contributed by atoms with E-state index in [9.17, 15) is 20.4 Å². The zero-order valence-electron chi connectivity index (χ0n) is 13.5. The van der Waals surface area contributed by atoms with Crippen LogP contribution in [0.15, 0.2) is 30.3 Å². The molecule has 1 aromatic carbocycles. The number of nitrogens with zero attached hydrogens (tertiary/aromatic N) is 1. The SMILES string of the molecule is Cc1ccc2cc(O[C@@H]3O[C@H](CO)[C@@H](O)[C@H](O)[C@H]3O)ccc2[n+]1C. The molecule has 2 heterocycles. The minimum Gasteiger partial charge on any atom is -0.462 e. The molecule has 130 valence electrons. The highest BCUT2D eigenvalue weighted by atomic mass is 16.7. The van der Waals surface area contributed by atoms with Crippen LogP contribution in [0.5, 0.6) is 5.75 Å². The molecular weight excluding hydrogens is 314 g/mol. The summed E-state index contributed by atoms with van der Waals surface area (Å²) in [4.78, 5) is 0. The summed E-state index contributed by atoms with van der Waals surface area (Å²) >= 11 is 0. The quantitative estimate of drug-likeness (QED) is 0.545. The van der Waals surface area contributed by atoms with Gasteiger partial charge in [-0.15, -0.1) is 0 Å². The van der Waals surface area contributed by atoms with Gasteiger partial charge < -0.3 is 29.9 Å². The second-order valence-electron chi connectivity index (χ2n) is 6.07. The van der Waals surface area contributed by atoms with E-state index in [1.165, 1.54) is 0 Å². The first kappa shape index (κ1) is 17.1. The van der Waals surface area contributed by atoms with Gasteiger partial charge in [0.1, 0.15) is 37.2 Å². The molecule has 2 aromatic rings. The average molecular weight is 336 g/mol. The van der Waals surface area contributed by atoms with E-state index in [-0.39, 0.29) is 0 Å². The molecule has 1 aromatic heterocycles. The van der Waals surface area contributed by atoms with Gasteiger partial charge in [-0.25, -0.2) is 0 Å². The van der Waals surface area contributed by atoms with Gasteiger partial charge in [-0.05, 0) is 18.2 Å². The van der Waals surface area contributed by atoms with Crippen LogP contribution in [0, 0.1) is 6.92 Å². The Kier molecular flexibility index (Phi) is 4.71. The predicted molar refractivity (Wildman–Crippen MR) is 84.3 cm³/mol. The second-order valence-corrected chi connectivity index (χ2v) is 6.07. The minimum atomic E-state index is -1.46. The molecule has 1 aliphatic heterocycles. The van der Waals surface area contributed by atoms with Crippen molar-refractivity contribution in [2.75, 3.05) is 6.61 Å². The number of aliphatic hydroxyl groups excluding tert-OH is 4. The van der Waals surface area contributed by atoms with Crippen LogP contribution in [-0.2, 0) is 11.8 Å². The number of aliphatic hydroxyl groups is 4. The normalized spacial score (nSPS) is 30.5. The first-order valence-electron chi connectivity index (χ1n) is 7.79. The predicted octanol–water partition coefficient (Wildman–Crippen LogP) is -0.849. The number of aryl methyl sites for hydroxylation is 2. The Hall–Kier alpha value is -1.77. The molecular formula is C17H22NO6+. The molecule has 1 aliphatic rings. The van der Waals surface area contributed by atoms with Gasteiger partial charge in [0.05, 0.1) is 12.0 Å². The van der Waals surface area contributed by atoms with E-state index in [0.717, 1.165) is 16.6 Å². The highest BCUT2D eigenvalue weighted by Gasteiger charge is 2.44. The van der Waals surface area contributed by atoms with Gasteiger partial charge in [0, 0.05) is 19.1 Å². The van der Waals surface area contributed by atoms with Crippen LogP contribution in [0.4, 0.5) is 0 Å². The van der Waals surface area contributed by atoms with Gasteiger partial charge in [0.2, 0.25) is 11.8 Å². The fraction of sp³-hybridized carbons (Fsp3) is 0.471. The molecule has 0 amide bonds. The van der Waals surface area contributed by atoms with Gasteiger partial charge in [-0.3, -0.25) is 0 Å². The summed E-state index contributed by atoms with van der Waals surface area (Å²) in [7, 11) is 1.97. The molecule has 0 spiro atoms. The van der Waals surface area contributed by atoms with Crippen LogP contribution >= 0.6 is 0 Å². The lowest BCUT2D eigenvalue weighted by atomic mass is 9.99. The van der Waals surface area contributed by atoms with Crippen molar-refractivity contribution in [1.82, 2.24) is 0 Å². The summed E-state index contributed by atoms with van der Waals surface area (Å²) in [6.45, 7) is 1.52. The molecule has 24 heavy (non-hydrogen) atoms. The third kappa shape index (κ3) is 2.97. The number of rotatable bonds is 3. The van der Waals surface area contributed by atoms with Crippen molar-refractivity contribution in [2.45, 2.75) is 37.6 Å². The van der Waals surface area contributed by atoms with Crippen molar-refractivity contribution in [1.29, 1.82) is 0 Å². The van der Waals surface area contributed by atoms with Crippen molar-refractivity contribution in [3.05, 3.63) is 36.0 Å². The van der Waals surface area contributed by atoms with Crippen molar-refractivity contribution in [3.63, 3.8) is 0 Å². The molecule has 0 bridgehead atoms. The summed E-state index contributed by atoms with van der Waals surface area (Å²) in [5.74, 6) is 0.454. The lowest BCUT2D eigenvalue weighted by molar-refractivity contribution is -0.651. The third-order valence-corrected chi connectivity index (χ3v) is 4.49. The van der Waals surface area contributed by atoms with E-state index in [2.05, 4.69) is 0 Å². The van der Waals surface area contributed by atoms with Crippen molar-refractivity contribution >= 4 is 10.9 Å². The van der Waals surface area contributed by atoms with Crippen molar-refractivity contribution in [3.8, 4) is 5.75 Å². The molecule has 3 rings (SSSR count). The van der Waals surface area contributed by atoms with Crippen LogP contribution in [0.1, 0.15) is 5.69 Å². The maximum absolute atomic E-state index is 10.0. The van der Waals surface area contributed by atoms with Crippen LogP contribution < -0.4 is 9.30 Å². The lowest BCUT2D eigenvalue weighted by Crippen LogP contribution is -2.60. The average Bonchev–Trinajstić information content (AvgIpc) is 2.59. The summed E-state index contributed by atoms with van der Waals surface area (Å²) < 4.78 is 13.0. The molecule has 0 unspecified atom stereocenters. The molecule has 0 saturated carbocycles. The fourth-order valence-corrected chi connectivity index (χ4v) is 2.86. The number of fused-ring (bicyclic) bond motifs is 1. The van der Waals surface area contributed by atoms with Gasteiger partial charge in [-0.2, -0.15) is 4.57 Å².